The summed E-state index contributed by atoms with van der Waals surface area (Å²) in [5.41, 5.74) is 0.761. The predicted octanol–water partition coefficient (Wildman–Crippen LogP) is 4.59. The highest BCUT2D eigenvalue weighted by Crippen LogP contribution is 2.36. The van der Waals surface area contributed by atoms with Crippen molar-refractivity contribution in [1.29, 1.82) is 0 Å². The third-order valence-corrected chi connectivity index (χ3v) is 6.90. The molecule has 0 bridgehead atoms. The molecule has 2 N–H and O–H groups in total. The van der Waals surface area contributed by atoms with Crippen LogP contribution in [0.4, 0.5) is 23.8 Å². The van der Waals surface area contributed by atoms with Gasteiger partial charge in [0.2, 0.25) is 0 Å². The minimum absolute atomic E-state index is 0.262. The Morgan fingerprint density at radius 1 is 1.11 bits per heavy atom. The van der Waals surface area contributed by atoms with Crippen molar-refractivity contribution in [3.63, 3.8) is 0 Å². The van der Waals surface area contributed by atoms with Crippen molar-refractivity contribution in [1.82, 2.24) is 25.5 Å². The molecule has 1 aliphatic rings. The SMILES string of the molecule is O=C(NCCN1CCN(c2ncc(-c3ccsc3)c3nc(C(F)(F)F)ccc23)CC1)NCc1ccco1. The summed E-state index contributed by atoms with van der Waals surface area (Å²) in [5.74, 6) is 1.31. The molecule has 0 saturated carbocycles. The maximum atomic E-state index is 13.4. The predicted molar refractivity (Wildman–Crippen MR) is 135 cm³/mol. The molecule has 8 nitrogen and oxygen atoms in total. The van der Waals surface area contributed by atoms with Crippen LogP contribution < -0.4 is 15.5 Å². The summed E-state index contributed by atoms with van der Waals surface area (Å²) in [6, 6.07) is 7.64. The highest BCUT2D eigenvalue weighted by molar-refractivity contribution is 7.08. The van der Waals surface area contributed by atoms with Crippen LogP contribution in [0.15, 0.2) is 58.0 Å². The topological polar surface area (TPSA) is 86.5 Å². The maximum Gasteiger partial charge on any atom is 0.433 e. The van der Waals surface area contributed by atoms with E-state index in [1.54, 1.807) is 24.6 Å². The van der Waals surface area contributed by atoms with Gasteiger partial charge >= 0.3 is 12.2 Å². The molecule has 5 rings (SSSR count). The Morgan fingerprint density at radius 3 is 2.65 bits per heavy atom. The number of piperazine rings is 1. The number of thiophene rings is 1. The van der Waals surface area contributed by atoms with E-state index in [1.807, 2.05) is 16.8 Å². The molecule has 0 atom stereocenters. The summed E-state index contributed by atoms with van der Waals surface area (Å²) in [6.45, 7) is 4.28. The highest BCUT2D eigenvalue weighted by atomic mass is 32.1. The number of hydrogen-bond acceptors (Lipinski definition) is 7. The van der Waals surface area contributed by atoms with Crippen LogP contribution in [0.2, 0.25) is 0 Å². The first kappa shape index (κ1) is 25.0. The lowest BCUT2D eigenvalue weighted by molar-refractivity contribution is -0.140. The van der Waals surface area contributed by atoms with Gasteiger partial charge in [-0.15, -0.1) is 0 Å². The van der Waals surface area contributed by atoms with Gasteiger partial charge in [-0.25, -0.2) is 14.8 Å². The molecule has 12 heteroatoms. The van der Waals surface area contributed by atoms with Crippen LogP contribution in [0.3, 0.4) is 0 Å². The van der Waals surface area contributed by atoms with Crippen LogP contribution in [0, 0.1) is 0 Å². The monoisotopic (exact) mass is 530 g/mol. The summed E-state index contributed by atoms with van der Waals surface area (Å²) in [4.78, 5) is 24.9. The summed E-state index contributed by atoms with van der Waals surface area (Å²) < 4.78 is 45.5. The summed E-state index contributed by atoms with van der Waals surface area (Å²) in [5, 5.41) is 9.93. The Morgan fingerprint density at radius 2 is 1.95 bits per heavy atom. The number of urea groups is 1. The molecule has 4 aromatic rings. The zero-order chi connectivity index (χ0) is 25.8. The van der Waals surface area contributed by atoms with E-state index < -0.39 is 11.9 Å². The van der Waals surface area contributed by atoms with Gasteiger partial charge in [0.1, 0.15) is 17.3 Å². The van der Waals surface area contributed by atoms with E-state index in [9.17, 15) is 18.0 Å². The molecule has 194 valence electrons. The van der Waals surface area contributed by atoms with Gasteiger partial charge in [-0.2, -0.15) is 24.5 Å². The van der Waals surface area contributed by atoms with E-state index >= 15 is 0 Å². The Bertz CT molecular complexity index is 1340. The van der Waals surface area contributed by atoms with Crippen molar-refractivity contribution in [2.45, 2.75) is 12.7 Å². The molecule has 1 aliphatic heterocycles. The summed E-state index contributed by atoms with van der Waals surface area (Å²) in [6.07, 6.45) is -1.36. The molecule has 2 amide bonds. The van der Waals surface area contributed by atoms with Gasteiger partial charge in [0.15, 0.2) is 0 Å². The van der Waals surface area contributed by atoms with Crippen LogP contribution in [-0.2, 0) is 12.7 Å². The van der Waals surface area contributed by atoms with E-state index in [1.165, 1.54) is 17.4 Å². The number of nitrogens with one attached hydrogen (secondary N) is 2. The van der Waals surface area contributed by atoms with Crippen molar-refractivity contribution >= 4 is 34.1 Å². The number of fused-ring (bicyclic) bond motifs is 1. The molecule has 0 unspecified atom stereocenters. The molecule has 0 radical (unpaired) electrons. The van der Waals surface area contributed by atoms with Crippen LogP contribution >= 0.6 is 11.3 Å². The van der Waals surface area contributed by atoms with Crippen LogP contribution in [0.25, 0.3) is 22.0 Å². The average molecular weight is 531 g/mol. The van der Waals surface area contributed by atoms with Gasteiger partial charge < -0.3 is 20.0 Å². The molecule has 0 aromatic carbocycles. The quantitative estimate of drug-likeness (QED) is 0.364. The number of pyridine rings is 2. The Balaban J connectivity index is 1.22. The molecule has 0 spiro atoms. The second kappa shape index (κ2) is 10.8. The van der Waals surface area contributed by atoms with Crippen molar-refractivity contribution in [2.75, 3.05) is 44.2 Å². The van der Waals surface area contributed by atoms with Gasteiger partial charge in [-0.1, -0.05) is 0 Å². The fraction of sp³-hybridized carbons (Fsp3) is 0.320. The van der Waals surface area contributed by atoms with E-state index in [-0.39, 0.29) is 6.03 Å². The van der Waals surface area contributed by atoms with Crippen molar-refractivity contribution in [3.8, 4) is 11.1 Å². The van der Waals surface area contributed by atoms with E-state index in [4.69, 9.17) is 4.42 Å². The summed E-state index contributed by atoms with van der Waals surface area (Å²) in [7, 11) is 0. The van der Waals surface area contributed by atoms with Gasteiger partial charge in [0, 0.05) is 56.4 Å². The zero-order valence-corrected chi connectivity index (χ0v) is 20.6. The third kappa shape index (κ3) is 5.86. The number of nitrogens with zero attached hydrogens (tertiary/aromatic N) is 4. The fourth-order valence-corrected chi connectivity index (χ4v) is 4.95. The highest BCUT2D eigenvalue weighted by Gasteiger charge is 2.33. The van der Waals surface area contributed by atoms with Crippen LogP contribution in [0.1, 0.15) is 11.5 Å². The third-order valence-electron chi connectivity index (χ3n) is 6.22. The summed E-state index contributed by atoms with van der Waals surface area (Å²) >= 11 is 1.47. The first-order chi connectivity index (χ1) is 17.9. The van der Waals surface area contributed by atoms with Gasteiger partial charge in [0.25, 0.3) is 0 Å². The van der Waals surface area contributed by atoms with E-state index in [2.05, 4.69) is 30.4 Å². The lowest BCUT2D eigenvalue weighted by atomic mass is 10.1. The number of hydrogen-bond donors (Lipinski definition) is 2. The van der Waals surface area contributed by atoms with E-state index in [0.29, 0.717) is 60.8 Å². The Labute approximate surface area is 215 Å². The second-order valence-corrected chi connectivity index (χ2v) is 9.40. The number of rotatable bonds is 7. The molecule has 0 aliphatic carbocycles. The minimum Gasteiger partial charge on any atom is -0.467 e. The minimum atomic E-state index is -4.53. The largest absolute Gasteiger partial charge is 0.467 e. The average Bonchev–Trinajstić information content (AvgIpc) is 3.61. The van der Waals surface area contributed by atoms with Gasteiger partial charge in [-0.05, 0) is 46.7 Å². The number of amides is 2. The zero-order valence-electron chi connectivity index (χ0n) is 19.8. The van der Waals surface area contributed by atoms with Crippen molar-refractivity contribution in [3.05, 3.63) is 65.0 Å². The second-order valence-electron chi connectivity index (χ2n) is 8.62. The fourth-order valence-electron chi connectivity index (χ4n) is 4.29. The molecule has 5 heterocycles. The molecule has 4 aromatic heterocycles. The van der Waals surface area contributed by atoms with Crippen LogP contribution in [0.5, 0.6) is 0 Å². The number of furan rings is 1. The number of anilines is 1. The lowest BCUT2D eigenvalue weighted by Gasteiger charge is -2.36. The van der Waals surface area contributed by atoms with Crippen molar-refractivity contribution < 1.29 is 22.4 Å². The van der Waals surface area contributed by atoms with Crippen LogP contribution in [-0.4, -0.2) is 60.2 Å². The Hall–Kier alpha value is -3.64. The molecular weight excluding hydrogens is 505 g/mol. The standard InChI is InChI=1S/C25H25F3N6O2S/c26-25(27,28)21-4-3-19-22(32-21)20(17-5-13-37-16-17)15-30-23(19)34-10-8-33(9-11-34)7-6-29-24(35)31-14-18-2-1-12-36-18/h1-5,12-13,15-16H,6-11,14H2,(H2,29,31,35). The first-order valence-corrected chi connectivity index (χ1v) is 12.7. The molecular formula is C25H25F3N6O2S. The first-order valence-electron chi connectivity index (χ1n) is 11.8. The smallest absolute Gasteiger partial charge is 0.433 e. The Kier molecular flexibility index (Phi) is 7.28. The number of alkyl halides is 3. The number of carbonyl (C=O) groups is 1. The van der Waals surface area contributed by atoms with Crippen molar-refractivity contribution in [2.24, 2.45) is 0 Å². The maximum absolute atomic E-state index is 13.4. The molecule has 37 heavy (non-hydrogen) atoms. The van der Waals surface area contributed by atoms with Gasteiger partial charge in [0.05, 0.1) is 18.3 Å². The molecule has 1 fully saturated rings. The number of carbonyl (C=O) groups excluding carboxylic acids is 1. The number of halogens is 3. The lowest BCUT2D eigenvalue weighted by Crippen LogP contribution is -2.49. The number of aromatic nitrogens is 2. The molecule has 1 saturated heterocycles. The van der Waals surface area contributed by atoms with E-state index in [0.717, 1.165) is 24.7 Å². The van der Waals surface area contributed by atoms with Gasteiger partial charge in [-0.3, -0.25) is 4.90 Å². The normalized spacial score (nSPS) is 14.7.